The molecule has 0 aliphatic carbocycles. The topological polar surface area (TPSA) is 26.3 Å². The summed E-state index contributed by atoms with van der Waals surface area (Å²) in [5.41, 5.74) is 0. The Morgan fingerprint density at radius 1 is 1.50 bits per heavy atom. The van der Waals surface area contributed by atoms with Gasteiger partial charge in [0.2, 0.25) is 0 Å². The molecule has 0 aliphatic rings. The second-order valence-corrected chi connectivity index (χ2v) is 4.30. The summed E-state index contributed by atoms with van der Waals surface area (Å²) < 4.78 is 7.30. The highest BCUT2D eigenvalue weighted by molar-refractivity contribution is 7.27. The van der Waals surface area contributed by atoms with Crippen molar-refractivity contribution < 1.29 is 9.53 Å². The number of carbonyl (C=O) groups is 1. The predicted molar refractivity (Wildman–Crippen MR) is 51.0 cm³/mol. The molecule has 0 atom stereocenters. The van der Waals surface area contributed by atoms with Crippen molar-refractivity contribution in [2.45, 2.75) is 6.92 Å². The summed E-state index contributed by atoms with van der Waals surface area (Å²) in [6.07, 6.45) is 0. The first-order valence-electron chi connectivity index (χ1n) is 3.41. The number of ether oxygens (including phenoxy) is 1. The van der Waals surface area contributed by atoms with Gasteiger partial charge in [0.05, 0.1) is 0 Å². The molecule has 0 spiro atoms. The van der Waals surface area contributed by atoms with E-state index in [1.807, 2.05) is 17.5 Å². The first kappa shape index (κ1) is 7.76. The van der Waals surface area contributed by atoms with Gasteiger partial charge in [-0.2, -0.15) is 0 Å². The number of hydrogen-bond donors (Lipinski definition) is 0. The van der Waals surface area contributed by atoms with Gasteiger partial charge in [-0.1, -0.05) is 11.3 Å². The Morgan fingerprint density at radius 3 is 3.00 bits per heavy atom. The molecule has 0 radical (unpaired) electrons. The van der Waals surface area contributed by atoms with Gasteiger partial charge >= 0.3 is 5.97 Å². The van der Waals surface area contributed by atoms with E-state index in [1.54, 1.807) is 11.3 Å². The molecule has 0 bridgehead atoms. The van der Waals surface area contributed by atoms with Gasteiger partial charge in [-0.3, -0.25) is 4.79 Å². The van der Waals surface area contributed by atoms with Gasteiger partial charge in [0.15, 0.2) is 5.06 Å². The minimum absolute atomic E-state index is 0.260. The lowest BCUT2D eigenvalue weighted by molar-refractivity contribution is -0.131. The van der Waals surface area contributed by atoms with Crippen LogP contribution in [0.15, 0.2) is 17.5 Å². The highest BCUT2D eigenvalue weighted by atomic mass is 32.1. The molecule has 0 aliphatic heterocycles. The van der Waals surface area contributed by atoms with Crippen LogP contribution in [0.25, 0.3) is 9.40 Å². The van der Waals surface area contributed by atoms with Crippen LogP contribution in [0.4, 0.5) is 0 Å². The van der Waals surface area contributed by atoms with Crippen molar-refractivity contribution in [3.05, 3.63) is 17.5 Å². The molecule has 0 unspecified atom stereocenters. The van der Waals surface area contributed by atoms with E-state index < -0.39 is 0 Å². The summed E-state index contributed by atoms with van der Waals surface area (Å²) in [5, 5.41) is 2.71. The minimum Gasteiger partial charge on any atom is -0.416 e. The second kappa shape index (κ2) is 2.88. The normalized spacial score (nSPS) is 10.4. The van der Waals surface area contributed by atoms with Gasteiger partial charge in [0.25, 0.3) is 0 Å². The maximum atomic E-state index is 10.6. The van der Waals surface area contributed by atoms with Crippen molar-refractivity contribution in [1.82, 2.24) is 0 Å². The minimum atomic E-state index is -0.260. The fourth-order valence-corrected chi connectivity index (χ4v) is 2.92. The Hall–Kier alpha value is -0.870. The van der Waals surface area contributed by atoms with Crippen molar-refractivity contribution in [2.75, 3.05) is 0 Å². The SMILES string of the molecule is CC(=O)Oc1cc2sccc2s1. The molecule has 2 aromatic heterocycles. The van der Waals surface area contributed by atoms with E-state index in [2.05, 4.69) is 0 Å². The first-order valence-corrected chi connectivity index (χ1v) is 5.11. The highest BCUT2D eigenvalue weighted by Gasteiger charge is 2.04. The van der Waals surface area contributed by atoms with Gasteiger partial charge in [-0.25, -0.2) is 0 Å². The molecule has 2 nitrogen and oxygen atoms in total. The quantitative estimate of drug-likeness (QED) is 0.658. The summed E-state index contributed by atoms with van der Waals surface area (Å²) in [7, 11) is 0. The number of fused-ring (bicyclic) bond motifs is 1. The standard InChI is InChI=1S/C8H6O2S2/c1-5(9)10-8-4-7-6(12-8)2-3-11-7/h2-4H,1H3. The molecule has 0 aromatic carbocycles. The number of carbonyl (C=O) groups excluding carboxylic acids is 1. The van der Waals surface area contributed by atoms with Gasteiger partial charge < -0.3 is 4.74 Å². The zero-order valence-corrected chi connectivity index (χ0v) is 8.00. The Labute approximate surface area is 77.4 Å². The maximum absolute atomic E-state index is 10.6. The van der Waals surface area contributed by atoms with E-state index in [4.69, 9.17) is 4.74 Å². The third-order valence-corrected chi connectivity index (χ3v) is 3.33. The molecular weight excluding hydrogens is 192 g/mol. The molecule has 62 valence electrons. The Bertz CT molecular complexity index is 385. The van der Waals surface area contributed by atoms with E-state index in [-0.39, 0.29) is 5.97 Å². The van der Waals surface area contributed by atoms with Crippen LogP contribution in [0.5, 0.6) is 5.06 Å². The molecule has 2 aromatic rings. The third-order valence-electron chi connectivity index (χ3n) is 1.36. The molecule has 0 fully saturated rings. The molecule has 0 amide bonds. The fourth-order valence-electron chi connectivity index (χ4n) is 0.936. The summed E-state index contributed by atoms with van der Waals surface area (Å²) in [5.74, 6) is -0.260. The average Bonchev–Trinajstić information content (AvgIpc) is 2.43. The summed E-state index contributed by atoms with van der Waals surface area (Å²) in [4.78, 5) is 10.6. The Kier molecular flexibility index (Phi) is 1.86. The summed E-state index contributed by atoms with van der Waals surface area (Å²) >= 11 is 3.15. The maximum Gasteiger partial charge on any atom is 0.308 e. The van der Waals surface area contributed by atoms with Crippen molar-refractivity contribution in [3.63, 3.8) is 0 Å². The number of hydrogen-bond acceptors (Lipinski definition) is 4. The second-order valence-electron chi connectivity index (χ2n) is 2.31. The highest BCUT2D eigenvalue weighted by Crippen LogP contribution is 2.34. The average molecular weight is 198 g/mol. The summed E-state index contributed by atoms with van der Waals surface area (Å²) in [6.45, 7) is 1.41. The van der Waals surface area contributed by atoms with Crippen molar-refractivity contribution in [1.29, 1.82) is 0 Å². The molecule has 2 heterocycles. The lowest BCUT2D eigenvalue weighted by atomic mass is 10.5. The number of thiophene rings is 2. The zero-order valence-electron chi connectivity index (χ0n) is 6.37. The van der Waals surface area contributed by atoms with Gasteiger partial charge in [-0.15, -0.1) is 11.3 Å². The van der Waals surface area contributed by atoms with Crippen LogP contribution >= 0.6 is 22.7 Å². The summed E-state index contributed by atoms with van der Waals surface area (Å²) in [6, 6.07) is 3.92. The van der Waals surface area contributed by atoms with E-state index in [0.717, 1.165) is 0 Å². The molecule has 12 heavy (non-hydrogen) atoms. The van der Waals surface area contributed by atoms with Gasteiger partial charge in [-0.05, 0) is 11.4 Å². The molecular formula is C8H6O2S2. The number of esters is 1. The van der Waals surface area contributed by atoms with Crippen molar-refractivity contribution in [2.24, 2.45) is 0 Å². The van der Waals surface area contributed by atoms with Gasteiger partial charge in [0.1, 0.15) is 0 Å². The van der Waals surface area contributed by atoms with Crippen LogP contribution in [0, 0.1) is 0 Å². The lowest BCUT2D eigenvalue weighted by Gasteiger charge is -1.92. The monoisotopic (exact) mass is 198 g/mol. The molecule has 0 saturated carbocycles. The number of rotatable bonds is 1. The molecule has 0 N–H and O–H groups in total. The molecule has 4 heteroatoms. The van der Waals surface area contributed by atoms with E-state index in [1.165, 1.54) is 27.7 Å². The lowest BCUT2D eigenvalue weighted by Crippen LogP contribution is -1.98. The van der Waals surface area contributed by atoms with Crippen LogP contribution in [0.3, 0.4) is 0 Å². The smallest absolute Gasteiger partial charge is 0.308 e. The van der Waals surface area contributed by atoms with E-state index in [9.17, 15) is 4.79 Å². The Balaban J connectivity index is 2.38. The zero-order chi connectivity index (χ0) is 8.55. The third kappa shape index (κ3) is 1.35. The molecule has 2 rings (SSSR count). The van der Waals surface area contributed by atoms with Crippen LogP contribution in [0.1, 0.15) is 6.92 Å². The fraction of sp³-hybridized carbons (Fsp3) is 0.125. The van der Waals surface area contributed by atoms with Crippen LogP contribution in [-0.4, -0.2) is 5.97 Å². The largest absolute Gasteiger partial charge is 0.416 e. The van der Waals surface area contributed by atoms with Crippen LogP contribution < -0.4 is 4.74 Å². The Morgan fingerprint density at radius 2 is 2.33 bits per heavy atom. The van der Waals surface area contributed by atoms with E-state index >= 15 is 0 Å². The van der Waals surface area contributed by atoms with Gasteiger partial charge in [0, 0.05) is 22.4 Å². The predicted octanol–water partition coefficient (Wildman–Crippen LogP) is 2.89. The first-order chi connectivity index (χ1) is 5.75. The molecule has 0 saturated heterocycles. The van der Waals surface area contributed by atoms with Crippen LogP contribution in [-0.2, 0) is 4.79 Å². The van der Waals surface area contributed by atoms with E-state index in [0.29, 0.717) is 5.06 Å². The van der Waals surface area contributed by atoms with Crippen molar-refractivity contribution >= 4 is 38.0 Å². The van der Waals surface area contributed by atoms with Crippen molar-refractivity contribution in [3.8, 4) is 5.06 Å². The van der Waals surface area contributed by atoms with Crippen LogP contribution in [0.2, 0.25) is 0 Å².